The van der Waals surface area contributed by atoms with Gasteiger partial charge in [-0.25, -0.2) is 4.79 Å². The molecular weight excluding hydrogens is 304 g/mol. The van der Waals surface area contributed by atoms with Crippen molar-refractivity contribution in [3.8, 4) is 22.6 Å². The van der Waals surface area contributed by atoms with Crippen LogP contribution in [0.4, 0.5) is 0 Å². The fourth-order valence-corrected chi connectivity index (χ4v) is 2.48. The molecular formula is C17H13ClO4. The molecule has 2 aromatic carbocycles. The maximum atomic E-state index is 11.8. The summed E-state index contributed by atoms with van der Waals surface area (Å²) in [4.78, 5) is 11.8. The predicted molar refractivity (Wildman–Crippen MR) is 86.0 cm³/mol. The summed E-state index contributed by atoms with van der Waals surface area (Å²) in [7, 11) is 3.09. The summed E-state index contributed by atoms with van der Waals surface area (Å²) in [6.07, 6.45) is 0. The fraction of sp³-hybridized carbons (Fsp3) is 0.118. The van der Waals surface area contributed by atoms with E-state index in [9.17, 15) is 4.79 Å². The Kier molecular flexibility index (Phi) is 3.77. The van der Waals surface area contributed by atoms with E-state index in [4.69, 9.17) is 25.5 Å². The van der Waals surface area contributed by atoms with E-state index in [1.165, 1.54) is 13.2 Å². The molecule has 0 radical (unpaired) electrons. The molecule has 0 atom stereocenters. The smallest absolute Gasteiger partial charge is 0.336 e. The number of ether oxygens (including phenoxy) is 2. The second kappa shape index (κ2) is 5.73. The molecule has 22 heavy (non-hydrogen) atoms. The van der Waals surface area contributed by atoms with Gasteiger partial charge in [0, 0.05) is 22.5 Å². The quantitative estimate of drug-likeness (QED) is 0.682. The van der Waals surface area contributed by atoms with E-state index in [-0.39, 0.29) is 0 Å². The van der Waals surface area contributed by atoms with E-state index in [1.807, 2.05) is 12.1 Å². The molecule has 0 aliphatic carbocycles. The molecule has 0 bridgehead atoms. The first kappa shape index (κ1) is 14.5. The first-order chi connectivity index (χ1) is 10.6. The number of hydrogen-bond donors (Lipinski definition) is 0. The third kappa shape index (κ3) is 2.53. The molecule has 1 aromatic heterocycles. The van der Waals surface area contributed by atoms with Gasteiger partial charge in [-0.15, -0.1) is 0 Å². The van der Waals surface area contributed by atoms with Crippen molar-refractivity contribution in [1.82, 2.24) is 0 Å². The fourth-order valence-electron chi connectivity index (χ4n) is 2.36. The standard InChI is InChI=1S/C17H13ClO4/c1-20-15-7-13-12(10-3-5-11(18)6-4-10)8-17(19)22-14(13)9-16(15)21-2/h3-9H,1-2H3. The van der Waals surface area contributed by atoms with Crippen molar-refractivity contribution < 1.29 is 13.9 Å². The van der Waals surface area contributed by atoms with Crippen molar-refractivity contribution in [3.05, 3.63) is 57.9 Å². The first-order valence-corrected chi connectivity index (χ1v) is 6.96. The van der Waals surface area contributed by atoms with Gasteiger partial charge in [-0.3, -0.25) is 0 Å². The van der Waals surface area contributed by atoms with Crippen LogP contribution in [0, 0.1) is 0 Å². The van der Waals surface area contributed by atoms with E-state index < -0.39 is 5.63 Å². The van der Waals surface area contributed by atoms with Crippen molar-refractivity contribution in [2.45, 2.75) is 0 Å². The Hall–Kier alpha value is -2.46. The number of halogens is 1. The van der Waals surface area contributed by atoms with Crippen molar-refractivity contribution in [3.63, 3.8) is 0 Å². The van der Waals surface area contributed by atoms with Crippen LogP contribution >= 0.6 is 11.6 Å². The predicted octanol–water partition coefficient (Wildman–Crippen LogP) is 4.13. The highest BCUT2D eigenvalue weighted by atomic mass is 35.5. The number of benzene rings is 2. The maximum Gasteiger partial charge on any atom is 0.336 e. The number of rotatable bonds is 3. The third-order valence-corrected chi connectivity index (χ3v) is 3.66. The van der Waals surface area contributed by atoms with Crippen LogP contribution in [0.3, 0.4) is 0 Å². The molecule has 0 spiro atoms. The SMILES string of the molecule is COc1cc2oc(=O)cc(-c3ccc(Cl)cc3)c2cc1OC. The number of fused-ring (bicyclic) bond motifs is 1. The normalized spacial score (nSPS) is 10.7. The van der Waals surface area contributed by atoms with E-state index in [0.717, 1.165) is 16.5 Å². The zero-order chi connectivity index (χ0) is 15.7. The van der Waals surface area contributed by atoms with E-state index in [1.54, 1.807) is 31.4 Å². The first-order valence-electron chi connectivity index (χ1n) is 6.58. The van der Waals surface area contributed by atoms with Gasteiger partial charge in [0.05, 0.1) is 14.2 Å². The van der Waals surface area contributed by atoms with Crippen LogP contribution in [0.2, 0.25) is 5.02 Å². The highest BCUT2D eigenvalue weighted by molar-refractivity contribution is 6.30. The minimum atomic E-state index is -0.426. The maximum absolute atomic E-state index is 11.8. The molecule has 0 unspecified atom stereocenters. The molecule has 4 nitrogen and oxygen atoms in total. The Morgan fingerprint density at radius 2 is 1.59 bits per heavy atom. The molecule has 0 aliphatic rings. The lowest BCUT2D eigenvalue weighted by Gasteiger charge is -2.11. The molecule has 0 fully saturated rings. The summed E-state index contributed by atoms with van der Waals surface area (Å²) in [5.74, 6) is 1.07. The Labute approximate surface area is 131 Å². The lowest BCUT2D eigenvalue weighted by molar-refractivity contribution is 0.355. The van der Waals surface area contributed by atoms with Gasteiger partial charge in [0.15, 0.2) is 11.5 Å². The molecule has 5 heteroatoms. The van der Waals surface area contributed by atoms with Crippen molar-refractivity contribution in [2.75, 3.05) is 14.2 Å². The number of hydrogen-bond acceptors (Lipinski definition) is 4. The Morgan fingerprint density at radius 3 is 2.23 bits per heavy atom. The minimum Gasteiger partial charge on any atom is -0.493 e. The third-order valence-electron chi connectivity index (χ3n) is 3.40. The van der Waals surface area contributed by atoms with Gasteiger partial charge in [-0.1, -0.05) is 23.7 Å². The summed E-state index contributed by atoms with van der Waals surface area (Å²) in [5, 5.41) is 1.40. The van der Waals surface area contributed by atoms with E-state index >= 15 is 0 Å². The lowest BCUT2D eigenvalue weighted by Crippen LogP contribution is -1.99. The lowest BCUT2D eigenvalue weighted by atomic mass is 10.0. The summed E-state index contributed by atoms with van der Waals surface area (Å²) >= 11 is 5.92. The highest BCUT2D eigenvalue weighted by Crippen LogP contribution is 2.36. The Bertz CT molecular complexity index is 882. The molecule has 0 N–H and O–H groups in total. The van der Waals surface area contributed by atoms with Crippen molar-refractivity contribution in [2.24, 2.45) is 0 Å². The molecule has 3 aromatic rings. The van der Waals surface area contributed by atoms with E-state index in [0.29, 0.717) is 22.1 Å². The van der Waals surface area contributed by atoms with Crippen LogP contribution in [0.15, 0.2) is 51.7 Å². The van der Waals surface area contributed by atoms with Crippen molar-refractivity contribution >= 4 is 22.6 Å². The average Bonchev–Trinajstić information content (AvgIpc) is 2.53. The van der Waals surface area contributed by atoms with Crippen LogP contribution < -0.4 is 15.1 Å². The summed E-state index contributed by atoms with van der Waals surface area (Å²) in [5.41, 5.74) is 1.64. The van der Waals surface area contributed by atoms with Crippen LogP contribution in [0.1, 0.15) is 0 Å². The largest absolute Gasteiger partial charge is 0.493 e. The zero-order valence-electron chi connectivity index (χ0n) is 12.1. The highest BCUT2D eigenvalue weighted by Gasteiger charge is 2.13. The van der Waals surface area contributed by atoms with Gasteiger partial charge in [0.1, 0.15) is 5.58 Å². The molecule has 0 amide bonds. The molecule has 112 valence electrons. The Morgan fingerprint density at radius 1 is 0.955 bits per heavy atom. The molecule has 0 aliphatic heterocycles. The molecule has 0 saturated heterocycles. The van der Waals surface area contributed by atoms with Gasteiger partial charge >= 0.3 is 5.63 Å². The van der Waals surface area contributed by atoms with Crippen LogP contribution in [0.25, 0.3) is 22.1 Å². The minimum absolute atomic E-state index is 0.426. The summed E-state index contributed by atoms with van der Waals surface area (Å²) in [6, 6.07) is 12.2. The molecule has 0 saturated carbocycles. The van der Waals surface area contributed by atoms with Gasteiger partial charge < -0.3 is 13.9 Å². The van der Waals surface area contributed by atoms with Gasteiger partial charge in [-0.05, 0) is 29.3 Å². The van der Waals surface area contributed by atoms with Crippen LogP contribution in [0.5, 0.6) is 11.5 Å². The number of methoxy groups -OCH3 is 2. The van der Waals surface area contributed by atoms with Gasteiger partial charge in [0.25, 0.3) is 0 Å². The monoisotopic (exact) mass is 316 g/mol. The molecule has 3 rings (SSSR count). The zero-order valence-corrected chi connectivity index (χ0v) is 12.8. The summed E-state index contributed by atoms with van der Waals surface area (Å²) < 4.78 is 15.8. The average molecular weight is 317 g/mol. The van der Waals surface area contributed by atoms with Gasteiger partial charge in [-0.2, -0.15) is 0 Å². The van der Waals surface area contributed by atoms with Crippen molar-refractivity contribution in [1.29, 1.82) is 0 Å². The van der Waals surface area contributed by atoms with E-state index in [2.05, 4.69) is 0 Å². The van der Waals surface area contributed by atoms with Crippen LogP contribution in [-0.2, 0) is 0 Å². The van der Waals surface area contributed by atoms with Crippen LogP contribution in [-0.4, -0.2) is 14.2 Å². The molecule has 1 heterocycles. The van der Waals surface area contributed by atoms with Gasteiger partial charge in [0.2, 0.25) is 0 Å². The summed E-state index contributed by atoms with van der Waals surface area (Å²) in [6.45, 7) is 0. The Balaban J connectivity index is 2.33. The topological polar surface area (TPSA) is 48.7 Å². The second-order valence-corrected chi connectivity index (χ2v) is 5.13. The second-order valence-electron chi connectivity index (χ2n) is 4.69.